The fraction of sp³-hybridized carbons (Fsp3) is 0.130. The first kappa shape index (κ1) is 31.3. The van der Waals surface area contributed by atoms with E-state index in [0.29, 0.717) is 11.8 Å². The molecule has 8 rings (SSSR count). The Balaban J connectivity index is 1.33. The van der Waals surface area contributed by atoms with E-state index in [0.717, 1.165) is 56.1 Å². The van der Waals surface area contributed by atoms with Crippen molar-refractivity contribution in [2.24, 2.45) is 0 Å². The summed E-state index contributed by atoms with van der Waals surface area (Å²) in [7, 11) is 0. The molecule has 0 aliphatic heterocycles. The van der Waals surface area contributed by atoms with Crippen LogP contribution in [0.2, 0.25) is 0 Å². The zero-order valence-corrected chi connectivity index (χ0v) is 29.0. The molecule has 2 aromatic heterocycles. The molecule has 50 heavy (non-hydrogen) atoms. The Bertz CT molecular complexity index is 2420. The van der Waals surface area contributed by atoms with Crippen LogP contribution in [0.1, 0.15) is 50.7 Å². The number of anilines is 3. The van der Waals surface area contributed by atoms with Crippen LogP contribution >= 0.6 is 0 Å². The maximum atomic E-state index is 5.33. The second-order valence-electron chi connectivity index (χ2n) is 13.5. The summed E-state index contributed by atoms with van der Waals surface area (Å²) >= 11 is 0. The van der Waals surface area contributed by atoms with Crippen LogP contribution in [0.5, 0.6) is 0 Å². The summed E-state index contributed by atoms with van der Waals surface area (Å²) in [4.78, 5) is 12.5. The summed E-state index contributed by atoms with van der Waals surface area (Å²) in [5.41, 5.74) is 12.3. The molecule has 0 fully saturated rings. The molecule has 0 saturated carbocycles. The van der Waals surface area contributed by atoms with E-state index in [1.54, 1.807) is 0 Å². The van der Waals surface area contributed by atoms with E-state index in [4.69, 9.17) is 9.97 Å². The van der Waals surface area contributed by atoms with Gasteiger partial charge < -0.3 is 4.90 Å². The molecule has 0 atom stereocenters. The zero-order valence-electron chi connectivity index (χ0n) is 29.0. The highest BCUT2D eigenvalue weighted by Crippen LogP contribution is 2.41. The van der Waals surface area contributed by atoms with Gasteiger partial charge in [0.2, 0.25) is 0 Å². The number of hydrogen-bond donors (Lipinski definition) is 0. The summed E-state index contributed by atoms with van der Waals surface area (Å²) in [5.74, 6) is 1.63. The molecule has 0 amide bonds. The van der Waals surface area contributed by atoms with E-state index in [-0.39, 0.29) is 0 Å². The van der Waals surface area contributed by atoms with Crippen molar-refractivity contribution in [2.45, 2.75) is 39.5 Å². The van der Waals surface area contributed by atoms with Crippen molar-refractivity contribution in [1.29, 1.82) is 0 Å². The van der Waals surface area contributed by atoms with Gasteiger partial charge in [0.05, 0.1) is 22.4 Å². The summed E-state index contributed by atoms with van der Waals surface area (Å²) in [6.45, 7) is 9.12. The zero-order chi connectivity index (χ0) is 34.2. The summed E-state index contributed by atoms with van der Waals surface area (Å²) in [6, 6.07) is 53.9. The average molecular weight is 649 g/mol. The topological polar surface area (TPSA) is 34.0 Å². The van der Waals surface area contributed by atoms with Crippen molar-refractivity contribution in [3.63, 3.8) is 0 Å². The van der Waals surface area contributed by atoms with Crippen molar-refractivity contribution >= 4 is 38.9 Å². The number of para-hydroxylation sites is 4. The van der Waals surface area contributed by atoms with E-state index in [9.17, 15) is 0 Å². The highest BCUT2D eigenvalue weighted by molar-refractivity contribution is 5.95. The van der Waals surface area contributed by atoms with Gasteiger partial charge in [-0.25, -0.2) is 4.98 Å². The molecule has 6 aromatic carbocycles. The number of benzene rings is 6. The number of imidazole rings is 1. The van der Waals surface area contributed by atoms with Crippen LogP contribution in [0.25, 0.3) is 50.1 Å². The lowest BCUT2D eigenvalue weighted by Gasteiger charge is -2.27. The molecule has 4 nitrogen and oxygen atoms in total. The second kappa shape index (κ2) is 13.1. The van der Waals surface area contributed by atoms with Gasteiger partial charge in [-0.3, -0.25) is 9.55 Å². The molecule has 8 aromatic rings. The fourth-order valence-electron chi connectivity index (χ4n) is 7.17. The number of hydrogen-bond acceptors (Lipinski definition) is 3. The third-order valence-electron chi connectivity index (χ3n) is 9.56. The van der Waals surface area contributed by atoms with Crippen molar-refractivity contribution in [3.8, 4) is 28.3 Å². The van der Waals surface area contributed by atoms with Gasteiger partial charge in [-0.05, 0) is 82.9 Å². The van der Waals surface area contributed by atoms with Gasteiger partial charge in [0.1, 0.15) is 5.82 Å². The highest BCUT2D eigenvalue weighted by Gasteiger charge is 2.23. The summed E-state index contributed by atoms with van der Waals surface area (Å²) in [5, 5.41) is 2.32. The lowest BCUT2D eigenvalue weighted by Crippen LogP contribution is -2.11. The maximum absolute atomic E-state index is 5.33. The van der Waals surface area contributed by atoms with Gasteiger partial charge in [-0.15, -0.1) is 0 Å². The SMILES string of the molecule is CC(C)c1cccc(C(C)C)c1-n1c(-c2cccc(N(c3ccccc3)c3cccc(-c4nccc5ccccc45)c3)c2)nc2ccccc21. The lowest BCUT2D eigenvalue weighted by molar-refractivity contribution is 0.811. The fourth-order valence-corrected chi connectivity index (χ4v) is 7.17. The van der Waals surface area contributed by atoms with Crippen molar-refractivity contribution in [2.75, 3.05) is 4.90 Å². The molecule has 2 heterocycles. The number of pyridine rings is 1. The van der Waals surface area contributed by atoms with Crippen LogP contribution < -0.4 is 4.90 Å². The quantitative estimate of drug-likeness (QED) is 0.164. The maximum Gasteiger partial charge on any atom is 0.145 e. The second-order valence-corrected chi connectivity index (χ2v) is 13.5. The first-order valence-electron chi connectivity index (χ1n) is 17.5. The van der Waals surface area contributed by atoms with E-state index < -0.39 is 0 Å². The molecular formula is C46H40N4. The molecule has 0 radical (unpaired) electrons. The monoisotopic (exact) mass is 648 g/mol. The first-order chi connectivity index (χ1) is 24.5. The van der Waals surface area contributed by atoms with Gasteiger partial charge in [0, 0.05) is 39.8 Å². The van der Waals surface area contributed by atoms with Crippen LogP contribution in [-0.2, 0) is 0 Å². The van der Waals surface area contributed by atoms with E-state index >= 15 is 0 Å². The summed E-state index contributed by atoms with van der Waals surface area (Å²) < 4.78 is 2.40. The van der Waals surface area contributed by atoms with Crippen LogP contribution in [-0.4, -0.2) is 14.5 Å². The average Bonchev–Trinajstić information content (AvgIpc) is 3.54. The normalized spacial score (nSPS) is 11.6. The molecule has 244 valence electrons. The Kier molecular flexibility index (Phi) is 8.22. The van der Waals surface area contributed by atoms with Crippen molar-refractivity contribution in [3.05, 3.63) is 169 Å². The Labute approximate surface area is 294 Å². The predicted molar refractivity (Wildman–Crippen MR) is 210 cm³/mol. The van der Waals surface area contributed by atoms with E-state index in [2.05, 4.69) is 189 Å². The smallest absolute Gasteiger partial charge is 0.145 e. The standard InChI is InChI=1S/C46H40N4/c1-31(2)39-23-14-24-40(32(3)4)45(39)50-43-26-11-10-25-42(43)48-46(50)35-17-13-21-38(30-35)49(36-18-6-5-7-19-36)37-20-12-16-34(29-37)44-41-22-9-8-15-33(41)27-28-47-44/h5-32H,1-4H3. The molecule has 0 aliphatic rings. The minimum absolute atomic E-state index is 0.348. The molecular weight excluding hydrogens is 609 g/mol. The largest absolute Gasteiger partial charge is 0.310 e. The summed E-state index contributed by atoms with van der Waals surface area (Å²) in [6.07, 6.45) is 1.90. The molecule has 0 spiro atoms. The van der Waals surface area contributed by atoms with E-state index in [1.807, 2.05) is 6.20 Å². The van der Waals surface area contributed by atoms with Gasteiger partial charge in [-0.2, -0.15) is 0 Å². The Hall–Kier alpha value is -6.00. The van der Waals surface area contributed by atoms with Gasteiger partial charge in [-0.1, -0.05) is 125 Å². The number of fused-ring (bicyclic) bond motifs is 2. The van der Waals surface area contributed by atoms with Gasteiger partial charge >= 0.3 is 0 Å². The van der Waals surface area contributed by atoms with Crippen LogP contribution in [0.3, 0.4) is 0 Å². The minimum Gasteiger partial charge on any atom is -0.310 e. The molecule has 0 bridgehead atoms. The Morgan fingerprint density at radius 3 is 1.88 bits per heavy atom. The molecule has 0 unspecified atom stereocenters. The highest BCUT2D eigenvalue weighted by atomic mass is 15.1. The van der Waals surface area contributed by atoms with Crippen LogP contribution in [0.15, 0.2) is 158 Å². The van der Waals surface area contributed by atoms with Gasteiger partial charge in [0.25, 0.3) is 0 Å². The third kappa shape index (κ3) is 5.63. The van der Waals surface area contributed by atoms with Gasteiger partial charge in [0.15, 0.2) is 0 Å². The third-order valence-corrected chi connectivity index (χ3v) is 9.56. The number of aromatic nitrogens is 3. The van der Waals surface area contributed by atoms with Crippen molar-refractivity contribution < 1.29 is 0 Å². The first-order valence-corrected chi connectivity index (χ1v) is 17.5. The van der Waals surface area contributed by atoms with E-state index in [1.165, 1.54) is 22.2 Å². The molecule has 0 aliphatic carbocycles. The number of rotatable bonds is 8. The minimum atomic E-state index is 0.348. The molecule has 0 saturated heterocycles. The Morgan fingerprint density at radius 2 is 1.14 bits per heavy atom. The number of nitrogens with zero attached hydrogens (tertiary/aromatic N) is 4. The Morgan fingerprint density at radius 1 is 0.540 bits per heavy atom. The van der Waals surface area contributed by atoms with Crippen molar-refractivity contribution in [1.82, 2.24) is 14.5 Å². The van der Waals surface area contributed by atoms with Crippen LogP contribution in [0.4, 0.5) is 17.1 Å². The predicted octanol–water partition coefficient (Wildman–Crippen LogP) is 12.6. The molecule has 4 heteroatoms. The lowest BCUT2D eigenvalue weighted by atomic mass is 9.92. The van der Waals surface area contributed by atoms with Crippen LogP contribution in [0, 0.1) is 0 Å². The molecule has 0 N–H and O–H groups in total.